The maximum absolute atomic E-state index is 12.3. The molecule has 5 heteroatoms. The van der Waals surface area contributed by atoms with Gasteiger partial charge in [0.15, 0.2) is 0 Å². The fourth-order valence-electron chi connectivity index (χ4n) is 2.39. The Morgan fingerprint density at radius 1 is 1.00 bits per heavy atom. The van der Waals surface area contributed by atoms with Gasteiger partial charge in [0.1, 0.15) is 0 Å². The van der Waals surface area contributed by atoms with Gasteiger partial charge in [-0.2, -0.15) is 0 Å². The number of benzene rings is 1. The van der Waals surface area contributed by atoms with Crippen molar-refractivity contribution in [3.8, 4) is 0 Å². The number of aromatic nitrogens is 2. The van der Waals surface area contributed by atoms with Crippen molar-refractivity contribution in [2.75, 3.05) is 5.32 Å². The van der Waals surface area contributed by atoms with Gasteiger partial charge in [0.05, 0.1) is 29.7 Å². The third-order valence-corrected chi connectivity index (χ3v) is 3.95. The minimum Gasteiger partial charge on any atom is -0.354 e. The first-order valence-electron chi connectivity index (χ1n) is 8.09. The number of hydrogen-bond acceptors (Lipinski definition) is 4. The lowest BCUT2D eigenvalue weighted by Crippen LogP contribution is -2.23. The molecule has 2 heterocycles. The lowest BCUT2D eigenvalue weighted by molar-refractivity contribution is 0.0950. The van der Waals surface area contributed by atoms with E-state index in [0.29, 0.717) is 12.1 Å². The summed E-state index contributed by atoms with van der Waals surface area (Å²) in [5, 5.41) is 6.14. The van der Waals surface area contributed by atoms with Crippen LogP contribution in [0.2, 0.25) is 0 Å². The molecule has 2 N–H and O–H groups in total. The summed E-state index contributed by atoms with van der Waals surface area (Å²) in [4.78, 5) is 20.7. The van der Waals surface area contributed by atoms with Crippen molar-refractivity contribution in [2.24, 2.45) is 0 Å². The Morgan fingerprint density at radius 3 is 2.64 bits per heavy atom. The fourth-order valence-corrected chi connectivity index (χ4v) is 2.39. The van der Waals surface area contributed by atoms with Gasteiger partial charge in [0.2, 0.25) is 0 Å². The molecule has 5 nitrogen and oxygen atoms in total. The Kier molecular flexibility index (Phi) is 5.04. The Hall–Kier alpha value is -3.21. The van der Waals surface area contributed by atoms with Crippen molar-refractivity contribution in [1.29, 1.82) is 0 Å². The number of carbonyl (C=O) groups excluding carboxylic acids is 1. The zero-order chi connectivity index (χ0) is 17.6. The van der Waals surface area contributed by atoms with Gasteiger partial charge >= 0.3 is 0 Å². The number of carbonyl (C=O) groups is 1. The molecule has 2 aromatic heterocycles. The molecule has 0 aliphatic heterocycles. The number of aryl methyl sites for hydroxylation is 2. The SMILES string of the molecule is Cc1ccc(Nc2cncc(C(=O)NCc3ccccn3)c2)cc1C. The van der Waals surface area contributed by atoms with Crippen LogP contribution in [0.3, 0.4) is 0 Å². The molecule has 3 rings (SSSR count). The molecule has 1 aromatic carbocycles. The molecule has 126 valence electrons. The first-order chi connectivity index (χ1) is 12.1. The van der Waals surface area contributed by atoms with Gasteiger partial charge in [0, 0.05) is 18.1 Å². The minimum absolute atomic E-state index is 0.179. The molecule has 0 radical (unpaired) electrons. The molecule has 1 amide bonds. The number of pyridine rings is 2. The summed E-state index contributed by atoms with van der Waals surface area (Å²) >= 11 is 0. The summed E-state index contributed by atoms with van der Waals surface area (Å²) in [6.45, 7) is 4.53. The predicted molar refractivity (Wildman–Crippen MR) is 98.8 cm³/mol. The molecule has 0 unspecified atom stereocenters. The van der Waals surface area contributed by atoms with E-state index in [1.54, 1.807) is 24.7 Å². The molecule has 0 bridgehead atoms. The molecule has 0 aliphatic rings. The second-order valence-corrected chi connectivity index (χ2v) is 5.89. The third kappa shape index (κ3) is 4.41. The van der Waals surface area contributed by atoms with Crippen LogP contribution in [0.25, 0.3) is 0 Å². The lowest BCUT2D eigenvalue weighted by Gasteiger charge is -2.10. The predicted octanol–water partition coefficient (Wildman–Crippen LogP) is 3.77. The normalized spacial score (nSPS) is 10.3. The quantitative estimate of drug-likeness (QED) is 0.746. The van der Waals surface area contributed by atoms with Gasteiger partial charge in [0.25, 0.3) is 5.91 Å². The third-order valence-electron chi connectivity index (χ3n) is 3.95. The molecule has 0 saturated heterocycles. The summed E-state index contributed by atoms with van der Waals surface area (Å²) < 4.78 is 0. The summed E-state index contributed by atoms with van der Waals surface area (Å²) in [5.74, 6) is -0.179. The van der Waals surface area contributed by atoms with Crippen LogP contribution < -0.4 is 10.6 Å². The van der Waals surface area contributed by atoms with E-state index in [-0.39, 0.29) is 5.91 Å². The molecule has 25 heavy (non-hydrogen) atoms. The number of nitrogens with zero attached hydrogens (tertiary/aromatic N) is 2. The highest BCUT2D eigenvalue weighted by Crippen LogP contribution is 2.19. The summed E-state index contributed by atoms with van der Waals surface area (Å²) in [6.07, 6.45) is 4.96. The van der Waals surface area contributed by atoms with Gasteiger partial charge < -0.3 is 10.6 Å². The molecule has 3 aromatic rings. The maximum Gasteiger partial charge on any atom is 0.253 e. The molecule has 0 fully saturated rings. The van der Waals surface area contributed by atoms with E-state index in [1.807, 2.05) is 24.3 Å². The maximum atomic E-state index is 12.3. The van der Waals surface area contributed by atoms with Crippen LogP contribution in [-0.4, -0.2) is 15.9 Å². The lowest BCUT2D eigenvalue weighted by atomic mass is 10.1. The first-order valence-corrected chi connectivity index (χ1v) is 8.09. The minimum atomic E-state index is -0.179. The van der Waals surface area contributed by atoms with E-state index in [4.69, 9.17) is 0 Å². The number of hydrogen-bond donors (Lipinski definition) is 2. The van der Waals surface area contributed by atoms with E-state index < -0.39 is 0 Å². The smallest absolute Gasteiger partial charge is 0.253 e. The van der Waals surface area contributed by atoms with Gasteiger partial charge in [-0.15, -0.1) is 0 Å². The topological polar surface area (TPSA) is 66.9 Å². The van der Waals surface area contributed by atoms with E-state index in [2.05, 4.69) is 46.6 Å². The van der Waals surface area contributed by atoms with Crippen molar-refractivity contribution in [3.63, 3.8) is 0 Å². The molecule has 0 spiro atoms. The average molecular weight is 332 g/mol. The van der Waals surface area contributed by atoms with Gasteiger partial charge in [-0.05, 0) is 55.3 Å². The molecule has 0 saturated carbocycles. The zero-order valence-corrected chi connectivity index (χ0v) is 14.3. The summed E-state index contributed by atoms with van der Waals surface area (Å²) in [6, 6.07) is 13.5. The summed E-state index contributed by atoms with van der Waals surface area (Å²) in [5.41, 5.74) is 5.51. The summed E-state index contributed by atoms with van der Waals surface area (Å²) in [7, 11) is 0. The second-order valence-electron chi connectivity index (χ2n) is 5.89. The van der Waals surface area contributed by atoms with Crippen LogP contribution in [0.15, 0.2) is 61.1 Å². The van der Waals surface area contributed by atoms with Crippen LogP contribution in [0.4, 0.5) is 11.4 Å². The van der Waals surface area contributed by atoms with Gasteiger partial charge in [-0.3, -0.25) is 14.8 Å². The second kappa shape index (κ2) is 7.57. The average Bonchev–Trinajstić information content (AvgIpc) is 2.64. The Labute approximate surface area is 147 Å². The van der Waals surface area contributed by atoms with Crippen LogP contribution in [0.5, 0.6) is 0 Å². The Bertz CT molecular complexity index is 878. The number of amides is 1. The van der Waals surface area contributed by atoms with Crippen molar-refractivity contribution < 1.29 is 4.79 Å². The number of nitrogens with one attached hydrogen (secondary N) is 2. The molecular formula is C20H20N4O. The fraction of sp³-hybridized carbons (Fsp3) is 0.150. The van der Waals surface area contributed by atoms with E-state index in [1.165, 1.54) is 11.1 Å². The van der Waals surface area contributed by atoms with Gasteiger partial charge in [-0.1, -0.05) is 12.1 Å². The highest BCUT2D eigenvalue weighted by atomic mass is 16.1. The first kappa shape index (κ1) is 16.6. The van der Waals surface area contributed by atoms with E-state index in [0.717, 1.165) is 17.1 Å². The van der Waals surface area contributed by atoms with Crippen LogP contribution in [-0.2, 0) is 6.54 Å². The molecule has 0 aliphatic carbocycles. The van der Waals surface area contributed by atoms with Crippen molar-refractivity contribution in [2.45, 2.75) is 20.4 Å². The van der Waals surface area contributed by atoms with Crippen molar-refractivity contribution in [1.82, 2.24) is 15.3 Å². The van der Waals surface area contributed by atoms with Crippen molar-refractivity contribution >= 4 is 17.3 Å². The standard InChI is InChI=1S/C20H20N4O/c1-14-6-7-17(9-15(14)2)24-19-10-16(11-21-12-19)20(25)23-13-18-5-3-4-8-22-18/h3-12,24H,13H2,1-2H3,(H,23,25). The van der Waals surface area contributed by atoms with Crippen LogP contribution in [0.1, 0.15) is 27.2 Å². The number of rotatable bonds is 5. The monoisotopic (exact) mass is 332 g/mol. The van der Waals surface area contributed by atoms with E-state index >= 15 is 0 Å². The highest BCUT2D eigenvalue weighted by molar-refractivity contribution is 5.94. The molecule has 0 atom stereocenters. The van der Waals surface area contributed by atoms with Gasteiger partial charge in [-0.25, -0.2) is 0 Å². The number of anilines is 2. The largest absolute Gasteiger partial charge is 0.354 e. The Balaban J connectivity index is 1.68. The van der Waals surface area contributed by atoms with Crippen LogP contribution in [0, 0.1) is 13.8 Å². The van der Waals surface area contributed by atoms with Crippen LogP contribution >= 0.6 is 0 Å². The van der Waals surface area contributed by atoms with Crippen molar-refractivity contribution in [3.05, 3.63) is 83.4 Å². The zero-order valence-electron chi connectivity index (χ0n) is 14.3. The highest BCUT2D eigenvalue weighted by Gasteiger charge is 2.07. The van der Waals surface area contributed by atoms with E-state index in [9.17, 15) is 4.79 Å². The Morgan fingerprint density at radius 2 is 1.88 bits per heavy atom. The molecular weight excluding hydrogens is 312 g/mol.